The molecular formula is C20H18N2O5S. The molecule has 0 saturated carbocycles. The number of benzene rings is 1. The Morgan fingerprint density at radius 2 is 2.00 bits per heavy atom. The first-order chi connectivity index (χ1) is 13.5. The van der Waals surface area contributed by atoms with Gasteiger partial charge in [-0.1, -0.05) is 12.1 Å². The first kappa shape index (κ1) is 19.4. The van der Waals surface area contributed by atoms with E-state index in [9.17, 15) is 14.4 Å². The second-order valence-electron chi connectivity index (χ2n) is 5.89. The number of amides is 2. The number of carbonyl (C=O) groups excluding carboxylic acids is 3. The molecule has 2 heterocycles. The highest BCUT2D eigenvalue weighted by molar-refractivity contribution is 7.12. The van der Waals surface area contributed by atoms with Crippen molar-refractivity contribution in [2.75, 3.05) is 11.9 Å². The highest BCUT2D eigenvalue weighted by Gasteiger charge is 2.15. The molecule has 2 aromatic heterocycles. The van der Waals surface area contributed by atoms with Gasteiger partial charge >= 0.3 is 5.97 Å². The van der Waals surface area contributed by atoms with Gasteiger partial charge < -0.3 is 19.8 Å². The number of esters is 1. The molecule has 2 amide bonds. The molecular weight excluding hydrogens is 380 g/mol. The fraction of sp³-hybridized carbons (Fsp3) is 0.150. The van der Waals surface area contributed by atoms with Crippen LogP contribution in [-0.4, -0.2) is 24.4 Å². The van der Waals surface area contributed by atoms with Gasteiger partial charge in [0.05, 0.1) is 22.7 Å². The van der Waals surface area contributed by atoms with Crippen molar-refractivity contribution in [2.24, 2.45) is 0 Å². The Morgan fingerprint density at radius 1 is 1.14 bits per heavy atom. The molecule has 0 spiro atoms. The molecule has 0 aliphatic heterocycles. The maximum atomic E-state index is 12.2. The van der Waals surface area contributed by atoms with Crippen molar-refractivity contribution in [3.05, 3.63) is 76.4 Å². The third-order valence-electron chi connectivity index (χ3n) is 3.78. The topological polar surface area (TPSA) is 97.6 Å². The summed E-state index contributed by atoms with van der Waals surface area (Å²) in [5, 5.41) is 7.20. The van der Waals surface area contributed by atoms with Gasteiger partial charge in [-0.2, -0.15) is 0 Å². The molecule has 144 valence electrons. The van der Waals surface area contributed by atoms with Crippen LogP contribution in [-0.2, 0) is 9.53 Å². The van der Waals surface area contributed by atoms with Gasteiger partial charge in [-0.25, -0.2) is 4.79 Å². The number of thiophene rings is 1. The van der Waals surface area contributed by atoms with Crippen molar-refractivity contribution in [1.29, 1.82) is 0 Å². The summed E-state index contributed by atoms with van der Waals surface area (Å²) in [5.41, 5.74) is 0.694. The van der Waals surface area contributed by atoms with Crippen LogP contribution in [0.5, 0.6) is 0 Å². The zero-order chi connectivity index (χ0) is 19.9. The van der Waals surface area contributed by atoms with Crippen LogP contribution in [0, 0.1) is 0 Å². The van der Waals surface area contributed by atoms with E-state index in [-0.39, 0.29) is 17.5 Å². The quantitative estimate of drug-likeness (QED) is 0.592. The van der Waals surface area contributed by atoms with Gasteiger partial charge in [0.1, 0.15) is 5.76 Å². The summed E-state index contributed by atoms with van der Waals surface area (Å²) >= 11 is 1.32. The molecule has 28 heavy (non-hydrogen) atoms. The molecule has 0 bridgehead atoms. The molecule has 0 aliphatic carbocycles. The van der Waals surface area contributed by atoms with Crippen LogP contribution in [0.3, 0.4) is 0 Å². The monoisotopic (exact) mass is 398 g/mol. The van der Waals surface area contributed by atoms with Crippen molar-refractivity contribution in [3.63, 3.8) is 0 Å². The summed E-state index contributed by atoms with van der Waals surface area (Å²) < 4.78 is 10.3. The van der Waals surface area contributed by atoms with Crippen molar-refractivity contribution < 1.29 is 23.5 Å². The van der Waals surface area contributed by atoms with Gasteiger partial charge in [0.15, 0.2) is 6.61 Å². The summed E-state index contributed by atoms with van der Waals surface area (Å²) in [7, 11) is 0. The molecule has 1 aromatic carbocycles. The van der Waals surface area contributed by atoms with Gasteiger partial charge in [0.2, 0.25) is 0 Å². The Bertz CT molecular complexity index is 951. The summed E-state index contributed by atoms with van der Waals surface area (Å²) in [6.45, 7) is 1.34. The standard InChI is InChI=1S/C20H18N2O5S/c1-13(16-7-3-9-26-16)21-18(23)12-27-20(25)14-5-2-6-15(11-14)22-19(24)17-8-4-10-28-17/h2-11,13H,12H2,1H3,(H,21,23)(H,22,24)/t13-/m0/s1. The summed E-state index contributed by atoms with van der Waals surface area (Å²) in [5.74, 6) is -0.756. The van der Waals surface area contributed by atoms with Gasteiger partial charge in [-0.05, 0) is 48.7 Å². The molecule has 7 nitrogen and oxygen atoms in total. The summed E-state index contributed by atoms with van der Waals surface area (Å²) in [6.07, 6.45) is 1.52. The fourth-order valence-electron chi connectivity index (χ4n) is 2.43. The minimum atomic E-state index is -0.659. The maximum Gasteiger partial charge on any atom is 0.338 e. The number of rotatable bonds is 7. The lowest BCUT2D eigenvalue weighted by Crippen LogP contribution is -2.31. The molecule has 2 N–H and O–H groups in total. The van der Waals surface area contributed by atoms with Crippen molar-refractivity contribution in [2.45, 2.75) is 13.0 Å². The van der Waals surface area contributed by atoms with Gasteiger partial charge in [0.25, 0.3) is 11.8 Å². The Hall–Kier alpha value is -3.39. The number of hydrogen-bond acceptors (Lipinski definition) is 6. The van der Waals surface area contributed by atoms with Crippen LogP contribution < -0.4 is 10.6 Å². The van der Waals surface area contributed by atoms with Crippen molar-refractivity contribution in [1.82, 2.24) is 5.32 Å². The van der Waals surface area contributed by atoms with Gasteiger partial charge in [-0.15, -0.1) is 11.3 Å². The Labute approximate surface area is 165 Å². The third-order valence-corrected chi connectivity index (χ3v) is 4.65. The van der Waals surface area contributed by atoms with E-state index in [1.165, 1.54) is 23.7 Å². The minimum Gasteiger partial charge on any atom is -0.467 e. The van der Waals surface area contributed by atoms with E-state index in [0.717, 1.165) is 0 Å². The predicted molar refractivity (Wildman–Crippen MR) is 104 cm³/mol. The lowest BCUT2D eigenvalue weighted by Gasteiger charge is -2.12. The molecule has 3 aromatic rings. The molecule has 0 unspecified atom stereocenters. The van der Waals surface area contributed by atoms with Gasteiger partial charge in [-0.3, -0.25) is 9.59 Å². The van der Waals surface area contributed by atoms with E-state index in [1.54, 1.807) is 54.8 Å². The SMILES string of the molecule is C[C@H](NC(=O)COC(=O)c1cccc(NC(=O)c2cccs2)c1)c1ccco1. The van der Waals surface area contributed by atoms with E-state index in [0.29, 0.717) is 16.3 Å². The molecule has 0 saturated heterocycles. The zero-order valence-electron chi connectivity index (χ0n) is 15.0. The number of ether oxygens (including phenoxy) is 1. The average molecular weight is 398 g/mol. The molecule has 8 heteroatoms. The number of nitrogens with one attached hydrogen (secondary N) is 2. The van der Waals surface area contributed by atoms with Crippen LogP contribution in [0.15, 0.2) is 64.6 Å². The molecule has 1 atom stereocenters. The zero-order valence-corrected chi connectivity index (χ0v) is 15.8. The fourth-order valence-corrected chi connectivity index (χ4v) is 3.05. The molecule has 0 fully saturated rings. The van der Waals surface area contributed by atoms with Crippen LogP contribution in [0.4, 0.5) is 5.69 Å². The van der Waals surface area contributed by atoms with Crippen LogP contribution in [0.1, 0.15) is 38.8 Å². The summed E-state index contributed by atoms with van der Waals surface area (Å²) in [4.78, 5) is 36.8. The Balaban J connectivity index is 1.53. The van der Waals surface area contributed by atoms with E-state index < -0.39 is 18.5 Å². The molecule has 0 aliphatic rings. The lowest BCUT2D eigenvalue weighted by molar-refractivity contribution is -0.125. The van der Waals surface area contributed by atoms with E-state index >= 15 is 0 Å². The first-order valence-corrected chi connectivity index (χ1v) is 9.35. The number of furan rings is 1. The number of anilines is 1. The van der Waals surface area contributed by atoms with Crippen molar-refractivity contribution in [3.8, 4) is 0 Å². The number of carbonyl (C=O) groups is 3. The Morgan fingerprint density at radius 3 is 2.71 bits per heavy atom. The highest BCUT2D eigenvalue weighted by Crippen LogP contribution is 2.16. The van der Waals surface area contributed by atoms with Crippen LogP contribution >= 0.6 is 11.3 Å². The first-order valence-electron chi connectivity index (χ1n) is 8.48. The van der Waals surface area contributed by atoms with E-state index in [4.69, 9.17) is 9.15 Å². The van der Waals surface area contributed by atoms with Gasteiger partial charge in [0, 0.05) is 5.69 Å². The minimum absolute atomic E-state index is 0.232. The maximum absolute atomic E-state index is 12.2. The average Bonchev–Trinajstić information content (AvgIpc) is 3.40. The predicted octanol–water partition coefficient (Wildman–Crippen LogP) is 3.63. The van der Waals surface area contributed by atoms with Crippen LogP contribution in [0.2, 0.25) is 0 Å². The van der Waals surface area contributed by atoms with E-state index in [1.807, 2.05) is 0 Å². The smallest absolute Gasteiger partial charge is 0.338 e. The Kier molecular flexibility index (Phi) is 6.23. The lowest BCUT2D eigenvalue weighted by atomic mass is 10.2. The van der Waals surface area contributed by atoms with E-state index in [2.05, 4.69) is 10.6 Å². The second kappa shape index (κ2) is 9.01. The normalized spacial score (nSPS) is 11.5. The number of hydrogen-bond donors (Lipinski definition) is 2. The summed E-state index contributed by atoms with van der Waals surface area (Å²) in [6, 6.07) is 13.0. The second-order valence-corrected chi connectivity index (χ2v) is 6.84. The van der Waals surface area contributed by atoms with Crippen molar-refractivity contribution >= 4 is 34.8 Å². The third kappa shape index (κ3) is 5.08. The molecule has 3 rings (SSSR count). The highest BCUT2D eigenvalue weighted by atomic mass is 32.1. The largest absolute Gasteiger partial charge is 0.467 e. The molecule has 0 radical (unpaired) electrons. The van der Waals surface area contributed by atoms with Crippen LogP contribution in [0.25, 0.3) is 0 Å².